The van der Waals surface area contributed by atoms with E-state index < -0.39 is 30.7 Å². The van der Waals surface area contributed by atoms with E-state index in [9.17, 15) is 27.1 Å². The van der Waals surface area contributed by atoms with Crippen LogP contribution in [-0.2, 0) is 6.42 Å². The molecule has 1 rings (SSSR count). The molecule has 0 spiro atoms. The summed E-state index contributed by atoms with van der Waals surface area (Å²) in [5.41, 5.74) is 0.456. The van der Waals surface area contributed by atoms with E-state index in [-0.39, 0.29) is 5.56 Å². The van der Waals surface area contributed by atoms with Crippen molar-refractivity contribution in [3.8, 4) is 0 Å². The van der Waals surface area contributed by atoms with Gasteiger partial charge in [0.15, 0.2) is 0 Å². The van der Waals surface area contributed by atoms with Crippen LogP contribution in [0.25, 0.3) is 0 Å². The summed E-state index contributed by atoms with van der Waals surface area (Å²) in [5.74, 6) is -4.97. The van der Waals surface area contributed by atoms with Gasteiger partial charge in [0, 0.05) is 6.42 Å². The highest BCUT2D eigenvalue weighted by Gasteiger charge is 2.42. The summed E-state index contributed by atoms with van der Waals surface area (Å²) in [6.45, 7) is 1.94. The van der Waals surface area contributed by atoms with E-state index in [1.807, 2.05) is 6.92 Å². The van der Waals surface area contributed by atoms with Gasteiger partial charge in [0.1, 0.15) is 5.82 Å². The summed E-state index contributed by atoms with van der Waals surface area (Å²) in [5, 5.41) is 9.60. The van der Waals surface area contributed by atoms with Gasteiger partial charge in [-0.1, -0.05) is 19.4 Å². The molecule has 0 saturated carbocycles. The van der Waals surface area contributed by atoms with Gasteiger partial charge in [0.2, 0.25) is 0 Å². The van der Waals surface area contributed by atoms with Gasteiger partial charge in [-0.25, -0.2) is 22.0 Å². The third kappa shape index (κ3) is 4.74. The van der Waals surface area contributed by atoms with E-state index in [2.05, 4.69) is 0 Å². The fourth-order valence-electron chi connectivity index (χ4n) is 1.86. The van der Waals surface area contributed by atoms with Crippen molar-refractivity contribution in [1.29, 1.82) is 0 Å². The first kappa shape index (κ1) is 16.9. The van der Waals surface area contributed by atoms with Crippen molar-refractivity contribution in [3.63, 3.8) is 0 Å². The van der Waals surface area contributed by atoms with Gasteiger partial charge in [-0.15, -0.1) is 0 Å². The van der Waals surface area contributed by atoms with E-state index in [1.54, 1.807) is 0 Å². The average Bonchev–Trinajstić information content (AvgIpc) is 2.35. The molecule has 114 valence electrons. The molecule has 0 aliphatic carbocycles. The molecule has 1 nitrogen and oxygen atoms in total. The minimum absolute atomic E-state index is 0.101. The molecule has 0 fully saturated rings. The van der Waals surface area contributed by atoms with Crippen LogP contribution >= 0.6 is 0 Å². The maximum atomic E-state index is 13.4. The van der Waals surface area contributed by atoms with Crippen LogP contribution in [0.5, 0.6) is 0 Å². The maximum Gasteiger partial charge on any atom is 0.310 e. The van der Waals surface area contributed by atoms with Crippen molar-refractivity contribution in [2.75, 3.05) is 0 Å². The van der Waals surface area contributed by atoms with Crippen molar-refractivity contribution < 1.29 is 27.1 Å². The molecule has 1 aromatic rings. The molecule has 0 heterocycles. The maximum absolute atomic E-state index is 13.4. The third-order valence-electron chi connectivity index (χ3n) is 2.97. The number of aliphatic hydroxyl groups excluding tert-OH is 1. The Kier molecular flexibility index (Phi) is 5.92. The number of hydrogen-bond donors (Lipinski definition) is 1. The molecule has 0 amide bonds. The van der Waals surface area contributed by atoms with Crippen LogP contribution in [0.15, 0.2) is 18.2 Å². The quantitative estimate of drug-likeness (QED) is 0.735. The number of benzene rings is 1. The standard InChI is InChI=1S/C14H17F5O/c1-2-3-4-9-5-10(7-11(15)6-9)12(20)8-14(18,19)13(16)17/h5-7,12-13,20H,2-4,8H2,1H3. The lowest BCUT2D eigenvalue weighted by molar-refractivity contribution is -0.149. The Morgan fingerprint density at radius 2 is 1.85 bits per heavy atom. The summed E-state index contributed by atoms with van der Waals surface area (Å²) in [7, 11) is 0. The van der Waals surface area contributed by atoms with Crippen molar-refractivity contribution in [1.82, 2.24) is 0 Å². The molecule has 1 atom stereocenters. The minimum atomic E-state index is -4.30. The molecule has 20 heavy (non-hydrogen) atoms. The van der Waals surface area contributed by atoms with Crippen molar-refractivity contribution >= 4 is 0 Å². The molecule has 0 saturated heterocycles. The monoisotopic (exact) mass is 296 g/mol. The van der Waals surface area contributed by atoms with Crippen LogP contribution in [0.1, 0.15) is 43.4 Å². The van der Waals surface area contributed by atoms with Gasteiger partial charge < -0.3 is 5.11 Å². The van der Waals surface area contributed by atoms with Crippen LogP contribution < -0.4 is 0 Å². The molecule has 0 aliphatic rings. The largest absolute Gasteiger partial charge is 0.388 e. The van der Waals surface area contributed by atoms with Crippen LogP contribution in [0.2, 0.25) is 0 Å². The van der Waals surface area contributed by atoms with Gasteiger partial charge in [-0.2, -0.15) is 0 Å². The Balaban J connectivity index is 2.87. The number of unbranched alkanes of at least 4 members (excludes halogenated alkanes) is 1. The Labute approximate surface area is 114 Å². The molecular weight excluding hydrogens is 279 g/mol. The van der Waals surface area contributed by atoms with Gasteiger partial charge in [0.25, 0.3) is 0 Å². The highest BCUT2D eigenvalue weighted by atomic mass is 19.3. The lowest BCUT2D eigenvalue weighted by atomic mass is 9.98. The average molecular weight is 296 g/mol. The lowest BCUT2D eigenvalue weighted by Gasteiger charge is -2.19. The van der Waals surface area contributed by atoms with E-state index >= 15 is 0 Å². The van der Waals surface area contributed by atoms with Crippen molar-refractivity contribution in [3.05, 3.63) is 35.1 Å². The SMILES string of the molecule is CCCCc1cc(F)cc(C(O)CC(F)(F)C(F)F)c1. The van der Waals surface area contributed by atoms with E-state index in [0.29, 0.717) is 12.0 Å². The Hall–Kier alpha value is -1.17. The predicted octanol–water partition coefficient (Wildman–Crippen LogP) is 4.49. The fourth-order valence-corrected chi connectivity index (χ4v) is 1.86. The minimum Gasteiger partial charge on any atom is -0.388 e. The zero-order valence-corrected chi connectivity index (χ0v) is 11.1. The molecule has 0 bridgehead atoms. The number of alkyl halides is 4. The molecule has 1 unspecified atom stereocenters. The van der Waals surface area contributed by atoms with Crippen LogP contribution in [0.4, 0.5) is 22.0 Å². The second kappa shape index (κ2) is 7.02. The molecule has 0 aliphatic heterocycles. The number of aliphatic hydroxyl groups is 1. The number of halogens is 5. The first-order chi connectivity index (χ1) is 9.26. The zero-order chi connectivity index (χ0) is 15.3. The summed E-state index contributed by atoms with van der Waals surface area (Å²) >= 11 is 0. The van der Waals surface area contributed by atoms with Crippen LogP contribution in [-0.4, -0.2) is 17.5 Å². The zero-order valence-electron chi connectivity index (χ0n) is 11.1. The second-order valence-electron chi connectivity index (χ2n) is 4.78. The lowest BCUT2D eigenvalue weighted by Crippen LogP contribution is -2.28. The number of hydrogen-bond acceptors (Lipinski definition) is 1. The number of aryl methyl sites for hydroxylation is 1. The Morgan fingerprint density at radius 1 is 1.20 bits per heavy atom. The highest BCUT2D eigenvalue weighted by Crippen LogP contribution is 2.33. The highest BCUT2D eigenvalue weighted by molar-refractivity contribution is 5.26. The number of rotatable bonds is 7. The summed E-state index contributed by atoms with van der Waals surface area (Å²) in [4.78, 5) is 0. The summed E-state index contributed by atoms with van der Waals surface area (Å²) in [6, 6.07) is 3.52. The molecule has 1 aromatic carbocycles. The molecule has 0 radical (unpaired) electrons. The van der Waals surface area contributed by atoms with E-state index in [1.165, 1.54) is 12.1 Å². The normalized spacial score (nSPS) is 13.8. The fraction of sp³-hybridized carbons (Fsp3) is 0.571. The third-order valence-corrected chi connectivity index (χ3v) is 2.97. The van der Waals surface area contributed by atoms with Crippen molar-refractivity contribution in [2.45, 2.75) is 51.1 Å². The first-order valence-corrected chi connectivity index (χ1v) is 6.39. The summed E-state index contributed by atoms with van der Waals surface area (Å²) < 4.78 is 63.3. The molecule has 6 heteroatoms. The van der Waals surface area contributed by atoms with Crippen LogP contribution in [0, 0.1) is 5.82 Å². The second-order valence-corrected chi connectivity index (χ2v) is 4.78. The van der Waals surface area contributed by atoms with E-state index in [0.717, 1.165) is 18.9 Å². The Morgan fingerprint density at radius 3 is 2.40 bits per heavy atom. The van der Waals surface area contributed by atoms with Gasteiger partial charge in [-0.3, -0.25) is 0 Å². The van der Waals surface area contributed by atoms with Crippen molar-refractivity contribution in [2.24, 2.45) is 0 Å². The van der Waals surface area contributed by atoms with Crippen LogP contribution in [0.3, 0.4) is 0 Å². The predicted molar refractivity (Wildman–Crippen MR) is 65.5 cm³/mol. The first-order valence-electron chi connectivity index (χ1n) is 6.39. The van der Waals surface area contributed by atoms with E-state index in [4.69, 9.17) is 0 Å². The molecule has 0 aromatic heterocycles. The van der Waals surface area contributed by atoms with Gasteiger partial charge >= 0.3 is 12.3 Å². The smallest absolute Gasteiger partial charge is 0.310 e. The Bertz CT molecular complexity index is 434. The molecular formula is C14H17F5O. The van der Waals surface area contributed by atoms with Gasteiger partial charge in [0.05, 0.1) is 6.10 Å². The summed E-state index contributed by atoms with van der Waals surface area (Å²) in [6.07, 6.45) is -4.91. The molecule has 1 N–H and O–H groups in total. The van der Waals surface area contributed by atoms with Gasteiger partial charge in [-0.05, 0) is 36.1 Å². The topological polar surface area (TPSA) is 20.2 Å².